The lowest BCUT2D eigenvalue weighted by atomic mass is 9.63. The zero-order valence-electron chi connectivity index (χ0n) is 39.9. The maximum absolute atomic E-state index is 6.27. The molecule has 0 spiro atoms. The van der Waals surface area contributed by atoms with Crippen molar-refractivity contribution in [3.63, 3.8) is 0 Å². The zero-order valence-corrected chi connectivity index (χ0v) is 39.9. The Labute approximate surface area is 375 Å². The van der Waals surface area contributed by atoms with Crippen LogP contribution in [0.15, 0.2) is 84.9 Å². The normalized spacial score (nSPS) is 17.7. The predicted octanol–water partition coefficient (Wildman–Crippen LogP) is 17.8. The average molecular weight is 825 g/mol. The van der Waals surface area contributed by atoms with Crippen LogP contribution >= 0.6 is 0 Å². The number of unbranched alkanes of at least 4 members (excludes halogenated alkanes) is 18. The average Bonchev–Trinajstić information content (AvgIpc) is 3.26. The molecule has 0 radical (unpaired) electrons. The highest BCUT2D eigenvalue weighted by Gasteiger charge is 2.38. The molecule has 4 aromatic carbocycles. The van der Waals surface area contributed by atoms with E-state index in [0.29, 0.717) is 11.8 Å². The molecule has 1 fully saturated rings. The highest BCUT2D eigenvalue weighted by molar-refractivity contribution is 5.51. The van der Waals surface area contributed by atoms with Gasteiger partial charge in [-0.25, -0.2) is 0 Å². The van der Waals surface area contributed by atoms with Crippen molar-refractivity contribution in [3.05, 3.63) is 129 Å². The summed E-state index contributed by atoms with van der Waals surface area (Å²) in [4.78, 5) is 0. The van der Waals surface area contributed by atoms with Gasteiger partial charge in [0.25, 0.3) is 0 Å². The van der Waals surface area contributed by atoms with Gasteiger partial charge in [-0.05, 0) is 127 Å². The number of nitrogen functional groups attached to an aromatic ring is 2. The lowest BCUT2D eigenvalue weighted by Crippen LogP contribution is -2.32. The van der Waals surface area contributed by atoms with Crippen LogP contribution in [0.2, 0.25) is 0 Å². The first-order valence-electron chi connectivity index (χ1n) is 25.7. The summed E-state index contributed by atoms with van der Waals surface area (Å²) in [5.74, 6) is 1.58. The molecule has 2 heteroatoms. The first-order chi connectivity index (χ1) is 29.8. The van der Waals surface area contributed by atoms with Crippen LogP contribution in [0.1, 0.15) is 244 Å². The van der Waals surface area contributed by atoms with E-state index in [1.807, 2.05) is 0 Å². The minimum absolute atomic E-state index is 0.0515. The Hall–Kier alpha value is -3.52. The van der Waals surface area contributed by atoms with E-state index < -0.39 is 0 Å². The van der Waals surface area contributed by atoms with Gasteiger partial charge in [0.2, 0.25) is 0 Å². The van der Waals surface area contributed by atoms with Crippen molar-refractivity contribution in [2.45, 2.75) is 219 Å². The van der Waals surface area contributed by atoms with Gasteiger partial charge in [-0.2, -0.15) is 0 Å². The van der Waals surface area contributed by atoms with Crippen LogP contribution in [0.25, 0.3) is 0 Å². The third-order valence-electron chi connectivity index (χ3n) is 14.9. The molecular formula is C59H88N2. The Kier molecular flexibility index (Phi) is 20.8. The number of hydrogen-bond acceptors (Lipinski definition) is 2. The maximum Gasteiger partial charge on any atom is 0.0316 e. The van der Waals surface area contributed by atoms with E-state index in [1.165, 1.54) is 211 Å². The Morgan fingerprint density at radius 3 is 1.11 bits per heavy atom. The van der Waals surface area contributed by atoms with Crippen molar-refractivity contribution in [2.75, 3.05) is 11.5 Å². The van der Waals surface area contributed by atoms with E-state index in [1.54, 1.807) is 0 Å². The summed E-state index contributed by atoms with van der Waals surface area (Å²) >= 11 is 0. The fourth-order valence-corrected chi connectivity index (χ4v) is 10.9. The molecule has 0 aliphatic heterocycles. The number of hydrogen-bond donors (Lipinski definition) is 2. The molecule has 0 amide bonds. The minimum atomic E-state index is 0.0515. The number of rotatable bonds is 28. The van der Waals surface area contributed by atoms with E-state index in [4.69, 9.17) is 11.5 Å². The molecule has 1 aliphatic rings. The molecule has 1 saturated carbocycles. The number of aryl methyl sites for hydroxylation is 2. The van der Waals surface area contributed by atoms with Crippen molar-refractivity contribution >= 4 is 11.4 Å². The highest BCUT2D eigenvalue weighted by Crippen LogP contribution is 2.48. The van der Waals surface area contributed by atoms with Crippen LogP contribution in [0, 0.1) is 19.8 Å². The second kappa shape index (κ2) is 26.2. The summed E-state index contributed by atoms with van der Waals surface area (Å²) < 4.78 is 0. The van der Waals surface area contributed by atoms with E-state index in [2.05, 4.69) is 120 Å². The fourth-order valence-electron chi connectivity index (χ4n) is 10.9. The summed E-state index contributed by atoms with van der Waals surface area (Å²) in [6.45, 7) is 11.6. The van der Waals surface area contributed by atoms with E-state index in [-0.39, 0.29) is 5.41 Å². The molecule has 2 nitrogen and oxygen atoms in total. The smallest absolute Gasteiger partial charge is 0.0316 e. The van der Waals surface area contributed by atoms with Gasteiger partial charge >= 0.3 is 0 Å². The molecule has 5 rings (SSSR count). The second-order valence-corrected chi connectivity index (χ2v) is 19.8. The lowest BCUT2D eigenvalue weighted by Gasteiger charge is -2.41. The summed E-state index contributed by atoms with van der Waals surface area (Å²) in [5.41, 5.74) is 25.8. The van der Waals surface area contributed by atoms with Gasteiger partial charge < -0.3 is 11.5 Å². The largest absolute Gasteiger partial charge is 0.399 e. The van der Waals surface area contributed by atoms with Gasteiger partial charge in [-0.1, -0.05) is 210 Å². The molecule has 4 N–H and O–H groups in total. The summed E-state index contributed by atoms with van der Waals surface area (Å²) in [6.07, 6.45) is 34.8. The third kappa shape index (κ3) is 14.8. The van der Waals surface area contributed by atoms with Crippen LogP contribution in [0.4, 0.5) is 11.4 Å². The molecule has 2 atom stereocenters. The predicted molar refractivity (Wildman–Crippen MR) is 269 cm³/mol. The quantitative estimate of drug-likeness (QED) is 0.0443. The molecular weight excluding hydrogens is 737 g/mol. The molecule has 4 aromatic rings. The van der Waals surface area contributed by atoms with Crippen molar-refractivity contribution in [2.24, 2.45) is 5.92 Å². The summed E-state index contributed by atoms with van der Waals surface area (Å²) in [7, 11) is 0. The molecule has 334 valence electrons. The second-order valence-electron chi connectivity index (χ2n) is 19.8. The maximum atomic E-state index is 6.27. The number of nitrogens with two attached hydrogens (primary N) is 2. The molecule has 1 aliphatic carbocycles. The zero-order chi connectivity index (χ0) is 43.3. The first kappa shape index (κ1) is 48.5. The monoisotopic (exact) mass is 825 g/mol. The molecule has 0 saturated heterocycles. The molecule has 0 bridgehead atoms. The van der Waals surface area contributed by atoms with Crippen LogP contribution in [0.5, 0.6) is 0 Å². The van der Waals surface area contributed by atoms with Crippen LogP contribution in [0.3, 0.4) is 0 Å². The molecule has 0 aromatic heterocycles. The third-order valence-corrected chi connectivity index (χ3v) is 14.9. The molecule has 0 heterocycles. The van der Waals surface area contributed by atoms with Gasteiger partial charge in [0.05, 0.1) is 0 Å². The first-order valence-corrected chi connectivity index (χ1v) is 25.7. The standard InChI is InChI=1S/C59H88N2/c1-6-8-10-12-14-16-18-20-22-24-26-57(55-38-36-53(60)44-47(55)4)49-28-32-51(33-29-49)59(42-40-46(3)41-43-59)52-34-30-50(31-35-52)58(56-39-37-54(61)45-48(56)5)27-25-23-21-19-17-15-13-11-9-7-2/h28-39,44-46,57-58H,6-27,40-43,60-61H2,1-5H3. The summed E-state index contributed by atoms with van der Waals surface area (Å²) in [6, 6.07) is 33.2. The van der Waals surface area contributed by atoms with Crippen molar-refractivity contribution in [1.82, 2.24) is 0 Å². The van der Waals surface area contributed by atoms with Crippen molar-refractivity contribution < 1.29 is 0 Å². The van der Waals surface area contributed by atoms with Gasteiger partial charge in [0, 0.05) is 28.6 Å². The van der Waals surface area contributed by atoms with Gasteiger partial charge in [-0.15, -0.1) is 0 Å². The van der Waals surface area contributed by atoms with E-state index >= 15 is 0 Å². The van der Waals surface area contributed by atoms with E-state index in [9.17, 15) is 0 Å². The van der Waals surface area contributed by atoms with Crippen molar-refractivity contribution in [1.29, 1.82) is 0 Å². The van der Waals surface area contributed by atoms with Gasteiger partial charge in [0.15, 0.2) is 0 Å². The van der Waals surface area contributed by atoms with Crippen LogP contribution in [-0.4, -0.2) is 0 Å². The Bertz CT molecular complexity index is 1670. The van der Waals surface area contributed by atoms with Crippen molar-refractivity contribution in [3.8, 4) is 0 Å². The molecule has 61 heavy (non-hydrogen) atoms. The lowest BCUT2D eigenvalue weighted by molar-refractivity contribution is 0.280. The van der Waals surface area contributed by atoms with Gasteiger partial charge in [-0.3, -0.25) is 0 Å². The topological polar surface area (TPSA) is 52.0 Å². The summed E-state index contributed by atoms with van der Waals surface area (Å²) in [5, 5.41) is 0. The van der Waals surface area contributed by atoms with Gasteiger partial charge in [0.1, 0.15) is 0 Å². The SMILES string of the molecule is CCCCCCCCCCCCC(c1ccc(C2(c3ccc(C(CCCCCCCCCCCC)c4ccc(N)cc4C)cc3)CCC(C)CC2)cc1)c1ccc(N)cc1C. The fraction of sp³-hybridized carbons (Fsp3) is 0.593. The highest BCUT2D eigenvalue weighted by atomic mass is 14.5. The minimum Gasteiger partial charge on any atom is -0.399 e. The van der Waals surface area contributed by atoms with Crippen LogP contribution < -0.4 is 11.5 Å². The number of anilines is 2. The van der Waals surface area contributed by atoms with Crippen LogP contribution in [-0.2, 0) is 5.41 Å². The molecule has 2 unspecified atom stereocenters. The number of benzene rings is 4. The Morgan fingerprint density at radius 1 is 0.459 bits per heavy atom. The Morgan fingerprint density at radius 2 is 0.787 bits per heavy atom. The Balaban J connectivity index is 1.31. The van der Waals surface area contributed by atoms with E-state index in [0.717, 1.165) is 17.3 Å².